The van der Waals surface area contributed by atoms with E-state index in [4.69, 9.17) is 21.5 Å². The highest BCUT2D eigenvalue weighted by Gasteiger charge is 2.33. The van der Waals surface area contributed by atoms with Gasteiger partial charge in [0, 0.05) is 17.2 Å². The van der Waals surface area contributed by atoms with Gasteiger partial charge in [0.15, 0.2) is 0 Å². The number of hydrogen-bond donors (Lipinski definition) is 1. The molecule has 0 atom stereocenters. The van der Waals surface area contributed by atoms with Crippen LogP contribution >= 0.6 is 11.6 Å². The second kappa shape index (κ2) is 6.14. The molecule has 0 aliphatic rings. The highest BCUT2D eigenvalue weighted by Crippen LogP contribution is 2.30. The van der Waals surface area contributed by atoms with E-state index in [0.29, 0.717) is 4.85 Å². The molecule has 0 saturated heterocycles. The lowest BCUT2D eigenvalue weighted by Gasteiger charge is -2.15. The van der Waals surface area contributed by atoms with Crippen LogP contribution < -0.4 is 9.47 Å². The first kappa shape index (κ1) is 16.0. The van der Waals surface area contributed by atoms with Crippen LogP contribution in [-0.4, -0.2) is 26.8 Å². The molecule has 1 heterocycles. The minimum atomic E-state index is -4.94. The van der Waals surface area contributed by atoms with Crippen molar-refractivity contribution < 1.29 is 32.6 Å². The van der Waals surface area contributed by atoms with Crippen LogP contribution in [0.2, 0.25) is 0 Å². The Bertz CT molecular complexity index is 687. The lowest BCUT2D eigenvalue weighted by molar-refractivity contribution is -0.275. The highest BCUT2D eigenvalue weighted by atomic mass is 35.5. The van der Waals surface area contributed by atoms with Gasteiger partial charge in [0.2, 0.25) is 5.88 Å². The van der Waals surface area contributed by atoms with Crippen LogP contribution in [0.4, 0.5) is 13.2 Å². The van der Waals surface area contributed by atoms with E-state index in [9.17, 15) is 18.0 Å². The molecule has 2 rings (SSSR count). The zero-order valence-electron chi connectivity index (χ0n) is 10.7. The molecular formula is C12H8ClF3N2O4. The van der Waals surface area contributed by atoms with Crippen LogP contribution in [0.3, 0.4) is 0 Å². The van der Waals surface area contributed by atoms with Crippen molar-refractivity contribution in [1.82, 2.24) is 9.94 Å². The molecule has 1 aromatic carbocycles. The Hall–Kier alpha value is -2.42. The van der Waals surface area contributed by atoms with Gasteiger partial charge in [0.05, 0.1) is 6.20 Å². The van der Waals surface area contributed by atoms with E-state index in [2.05, 4.69) is 9.84 Å². The Morgan fingerprint density at radius 3 is 2.64 bits per heavy atom. The van der Waals surface area contributed by atoms with E-state index < -0.39 is 24.0 Å². The molecule has 0 bridgehead atoms. The number of ether oxygens (including phenoxy) is 2. The van der Waals surface area contributed by atoms with Crippen molar-refractivity contribution in [2.75, 3.05) is 0 Å². The largest absolute Gasteiger partial charge is 0.573 e. The summed E-state index contributed by atoms with van der Waals surface area (Å²) in [6.45, 7) is -0.461. The maximum absolute atomic E-state index is 12.4. The number of carbonyl (C=O) groups is 1. The molecule has 0 amide bonds. The maximum atomic E-state index is 12.4. The SMILES string of the molecule is O=C(Cl)c1cccc(OC(F)(F)F)c1COc1ccn(O)n1. The van der Waals surface area contributed by atoms with Gasteiger partial charge in [0.25, 0.3) is 5.24 Å². The molecule has 1 aromatic heterocycles. The van der Waals surface area contributed by atoms with Crippen molar-refractivity contribution in [3.63, 3.8) is 0 Å². The van der Waals surface area contributed by atoms with Gasteiger partial charge in [-0.1, -0.05) is 11.2 Å². The fourth-order valence-electron chi connectivity index (χ4n) is 1.64. The summed E-state index contributed by atoms with van der Waals surface area (Å²) >= 11 is 5.35. The number of aromatic nitrogens is 2. The first-order chi connectivity index (χ1) is 10.3. The Morgan fingerprint density at radius 2 is 2.09 bits per heavy atom. The molecule has 10 heteroatoms. The molecule has 118 valence electrons. The van der Waals surface area contributed by atoms with E-state index in [1.165, 1.54) is 18.2 Å². The zero-order valence-corrected chi connectivity index (χ0v) is 11.4. The van der Waals surface area contributed by atoms with Gasteiger partial charge >= 0.3 is 6.36 Å². The zero-order chi connectivity index (χ0) is 16.3. The number of rotatable bonds is 5. The van der Waals surface area contributed by atoms with Gasteiger partial charge < -0.3 is 14.7 Å². The summed E-state index contributed by atoms with van der Waals surface area (Å²) in [5.74, 6) is -0.667. The van der Waals surface area contributed by atoms with Gasteiger partial charge in [-0.15, -0.1) is 18.0 Å². The second-order valence-corrected chi connectivity index (χ2v) is 4.31. The van der Waals surface area contributed by atoms with Crippen molar-refractivity contribution >= 4 is 16.8 Å². The van der Waals surface area contributed by atoms with Gasteiger partial charge in [-0.25, -0.2) is 0 Å². The lowest BCUT2D eigenvalue weighted by Crippen LogP contribution is -2.19. The van der Waals surface area contributed by atoms with Crippen LogP contribution in [0.25, 0.3) is 0 Å². The summed E-state index contributed by atoms with van der Waals surface area (Å²) in [4.78, 5) is 11.8. The lowest BCUT2D eigenvalue weighted by atomic mass is 10.1. The van der Waals surface area contributed by atoms with Crippen molar-refractivity contribution in [3.05, 3.63) is 41.6 Å². The monoisotopic (exact) mass is 336 g/mol. The molecule has 0 unspecified atom stereocenters. The van der Waals surface area contributed by atoms with Crippen molar-refractivity contribution in [2.24, 2.45) is 0 Å². The number of benzene rings is 1. The molecule has 0 aliphatic carbocycles. The molecule has 0 aliphatic heterocycles. The normalized spacial score (nSPS) is 11.3. The molecule has 0 saturated carbocycles. The summed E-state index contributed by atoms with van der Waals surface area (Å²) < 4.78 is 46.1. The predicted molar refractivity (Wildman–Crippen MR) is 67.1 cm³/mol. The van der Waals surface area contributed by atoms with E-state index >= 15 is 0 Å². The number of alkyl halides is 3. The third-order valence-electron chi connectivity index (χ3n) is 2.49. The molecule has 6 nitrogen and oxygen atoms in total. The van der Waals surface area contributed by atoms with Crippen LogP contribution in [0.5, 0.6) is 11.6 Å². The van der Waals surface area contributed by atoms with Crippen molar-refractivity contribution in [1.29, 1.82) is 0 Å². The van der Waals surface area contributed by atoms with E-state index in [-0.39, 0.29) is 17.0 Å². The molecule has 0 radical (unpaired) electrons. The van der Waals surface area contributed by atoms with Crippen LogP contribution in [0.1, 0.15) is 15.9 Å². The van der Waals surface area contributed by atoms with Gasteiger partial charge in [0.1, 0.15) is 12.4 Å². The highest BCUT2D eigenvalue weighted by molar-refractivity contribution is 6.68. The number of nitrogens with zero attached hydrogens (tertiary/aromatic N) is 2. The van der Waals surface area contributed by atoms with Crippen LogP contribution in [-0.2, 0) is 6.61 Å². The quantitative estimate of drug-likeness (QED) is 0.671. The fourth-order valence-corrected chi connectivity index (χ4v) is 1.82. The average Bonchev–Trinajstić information content (AvgIpc) is 2.81. The van der Waals surface area contributed by atoms with Crippen LogP contribution in [0.15, 0.2) is 30.5 Å². The maximum Gasteiger partial charge on any atom is 0.573 e. The van der Waals surface area contributed by atoms with Crippen molar-refractivity contribution in [2.45, 2.75) is 13.0 Å². The van der Waals surface area contributed by atoms with Crippen molar-refractivity contribution in [3.8, 4) is 11.6 Å². The fraction of sp³-hybridized carbons (Fsp3) is 0.167. The Morgan fingerprint density at radius 1 is 1.36 bits per heavy atom. The minimum absolute atomic E-state index is 0.0581. The Balaban J connectivity index is 2.30. The topological polar surface area (TPSA) is 73.6 Å². The standard InChI is InChI=1S/C12H8ClF3N2O4/c13-11(19)7-2-1-3-9(22-12(14,15)16)8(7)6-21-10-4-5-18(20)17-10/h1-5,20H,6H2. The number of halogens is 4. The predicted octanol–water partition coefficient (Wildman–Crippen LogP) is 2.98. The molecule has 1 N–H and O–H groups in total. The third-order valence-corrected chi connectivity index (χ3v) is 2.69. The first-order valence-corrected chi connectivity index (χ1v) is 6.09. The average molecular weight is 337 g/mol. The van der Waals surface area contributed by atoms with E-state index in [1.807, 2.05) is 0 Å². The summed E-state index contributed by atoms with van der Waals surface area (Å²) in [6, 6.07) is 4.74. The van der Waals surface area contributed by atoms with E-state index in [0.717, 1.165) is 12.3 Å². The summed E-state index contributed by atoms with van der Waals surface area (Å²) in [7, 11) is 0. The van der Waals surface area contributed by atoms with Gasteiger partial charge in [-0.3, -0.25) is 4.79 Å². The minimum Gasteiger partial charge on any atom is -0.471 e. The third kappa shape index (κ3) is 4.04. The van der Waals surface area contributed by atoms with Gasteiger partial charge in [-0.2, -0.15) is 0 Å². The molecule has 0 fully saturated rings. The van der Waals surface area contributed by atoms with Gasteiger partial charge in [-0.05, 0) is 23.7 Å². The number of hydrogen-bond acceptors (Lipinski definition) is 5. The Kier molecular flexibility index (Phi) is 4.45. The Labute approximate surface area is 126 Å². The summed E-state index contributed by atoms with van der Waals surface area (Å²) in [6.07, 6.45) is -3.78. The molecule has 22 heavy (non-hydrogen) atoms. The second-order valence-electron chi connectivity index (χ2n) is 3.97. The van der Waals surface area contributed by atoms with E-state index in [1.54, 1.807) is 0 Å². The molecular weight excluding hydrogens is 329 g/mol. The molecule has 2 aromatic rings. The van der Waals surface area contributed by atoms with Crippen LogP contribution in [0, 0.1) is 0 Å². The first-order valence-electron chi connectivity index (χ1n) is 5.71. The smallest absolute Gasteiger partial charge is 0.471 e. The summed E-state index contributed by atoms with van der Waals surface area (Å²) in [5, 5.41) is 11.5. The molecule has 0 spiro atoms. The number of carbonyl (C=O) groups excluding carboxylic acids is 1. The summed E-state index contributed by atoms with van der Waals surface area (Å²) in [5.41, 5.74) is -0.376.